The third-order valence-corrected chi connectivity index (χ3v) is 4.97. The van der Waals surface area contributed by atoms with Gasteiger partial charge in [-0.05, 0) is 55.8 Å². The van der Waals surface area contributed by atoms with Gasteiger partial charge in [-0.3, -0.25) is 9.36 Å². The number of aryl methyl sites for hydroxylation is 2. The number of anilines is 1. The molecule has 0 saturated heterocycles. The van der Waals surface area contributed by atoms with Crippen molar-refractivity contribution in [2.45, 2.75) is 19.0 Å². The summed E-state index contributed by atoms with van der Waals surface area (Å²) < 4.78 is 2.94. The van der Waals surface area contributed by atoms with Crippen molar-refractivity contribution in [3.8, 4) is 5.69 Å². The first-order valence-corrected chi connectivity index (χ1v) is 9.48. The fraction of sp³-hybridized carbons (Fsp3) is 0.167. The number of carbonyl (C=O) groups excluding carboxylic acids is 1. The van der Waals surface area contributed by atoms with Gasteiger partial charge < -0.3 is 5.32 Å². The Kier molecular flexibility index (Phi) is 5.55. The van der Waals surface area contributed by atoms with Gasteiger partial charge in [0.15, 0.2) is 5.16 Å². The van der Waals surface area contributed by atoms with Gasteiger partial charge in [-0.2, -0.15) is 0 Å². The van der Waals surface area contributed by atoms with Gasteiger partial charge in [0, 0.05) is 15.8 Å². The van der Waals surface area contributed by atoms with E-state index < -0.39 is 0 Å². The molecular weight excluding hydrogens is 400 g/mol. The number of halogens is 1. The molecule has 0 spiro atoms. The second-order valence-electron chi connectivity index (χ2n) is 5.55. The molecule has 1 heterocycles. The van der Waals surface area contributed by atoms with Crippen LogP contribution in [0.15, 0.2) is 58.2 Å². The molecule has 128 valence electrons. The average molecular weight is 417 g/mol. The van der Waals surface area contributed by atoms with Crippen molar-refractivity contribution in [1.82, 2.24) is 14.8 Å². The SMILES string of the molecule is Cc1cccc(-n2c(C)nnc2SCC(=O)Nc2ccc(Br)cc2)c1. The number of hydrogen-bond donors (Lipinski definition) is 1. The summed E-state index contributed by atoms with van der Waals surface area (Å²) in [5, 5.41) is 11.9. The van der Waals surface area contributed by atoms with Crippen LogP contribution >= 0.6 is 27.7 Å². The summed E-state index contributed by atoms with van der Waals surface area (Å²) in [6.07, 6.45) is 0. The van der Waals surface area contributed by atoms with Gasteiger partial charge >= 0.3 is 0 Å². The standard InChI is InChI=1S/C18H17BrN4OS/c1-12-4-3-5-16(10-12)23-13(2)21-22-18(23)25-11-17(24)20-15-8-6-14(19)7-9-15/h3-10H,11H2,1-2H3,(H,20,24). The summed E-state index contributed by atoms with van der Waals surface area (Å²) in [7, 11) is 0. The first-order chi connectivity index (χ1) is 12.0. The Morgan fingerprint density at radius 1 is 1.16 bits per heavy atom. The van der Waals surface area contributed by atoms with Gasteiger partial charge in [0.25, 0.3) is 0 Å². The largest absolute Gasteiger partial charge is 0.325 e. The van der Waals surface area contributed by atoms with E-state index in [9.17, 15) is 4.79 Å². The molecule has 3 aromatic rings. The van der Waals surface area contributed by atoms with E-state index >= 15 is 0 Å². The predicted molar refractivity (Wildman–Crippen MR) is 104 cm³/mol. The molecule has 25 heavy (non-hydrogen) atoms. The van der Waals surface area contributed by atoms with E-state index in [2.05, 4.69) is 37.5 Å². The molecule has 0 fully saturated rings. The summed E-state index contributed by atoms with van der Waals surface area (Å²) in [6.45, 7) is 3.95. The Bertz CT molecular complexity index is 892. The van der Waals surface area contributed by atoms with Gasteiger partial charge in [0.05, 0.1) is 5.75 Å². The number of aromatic nitrogens is 3. The fourth-order valence-electron chi connectivity index (χ4n) is 2.36. The van der Waals surface area contributed by atoms with E-state index in [-0.39, 0.29) is 11.7 Å². The highest BCUT2D eigenvalue weighted by atomic mass is 79.9. The minimum absolute atomic E-state index is 0.0798. The number of benzene rings is 2. The number of amides is 1. The van der Waals surface area contributed by atoms with E-state index in [1.165, 1.54) is 11.8 Å². The molecular formula is C18H17BrN4OS. The van der Waals surface area contributed by atoms with Gasteiger partial charge in [0.2, 0.25) is 5.91 Å². The number of rotatable bonds is 5. The van der Waals surface area contributed by atoms with E-state index in [1.807, 2.05) is 60.9 Å². The van der Waals surface area contributed by atoms with Crippen LogP contribution in [0.3, 0.4) is 0 Å². The molecule has 1 amide bonds. The molecule has 7 heteroatoms. The Balaban J connectivity index is 1.69. The lowest BCUT2D eigenvalue weighted by atomic mass is 10.2. The molecule has 0 aliphatic heterocycles. The first kappa shape index (κ1) is 17.7. The lowest BCUT2D eigenvalue weighted by Gasteiger charge is -2.09. The summed E-state index contributed by atoms with van der Waals surface area (Å²) in [4.78, 5) is 12.2. The monoisotopic (exact) mass is 416 g/mol. The Hall–Kier alpha value is -2.12. The molecule has 0 unspecified atom stereocenters. The molecule has 0 bridgehead atoms. The molecule has 5 nitrogen and oxygen atoms in total. The van der Waals surface area contributed by atoms with Crippen LogP contribution in [0.4, 0.5) is 5.69 Å². The predicted octanol–water partition coefficient (Wildman–Crippen LogP) is 4.38. The van der Waals surface area contributed by atoms with Gasteiger partial charge in [-0.15, -0.1) is 10.2 Å². The number of nitrogens with zero attached hydrogens (tertiary/aromatic N) is 3. The molecule has 0 saturated carbocycles. The third-order valence-electron chi connectivity index (χ3n) is 3.52. The average Bonchev–Trinajstić information content (AvgIpc) is 2.96. The Morgan fingerprint density at radius 2 is 1.92 bits per heavy atom. The van der Waals surface area contributed by atoms with Crippen LogP contribution < -0.4 is 5.32 Å². The number of nitrogens with one attached hydrogen (secondary N) is 1. The van der Waals surface area contributed by atoms with Gasteiger partial charge in [-0.25, -0.2) is 0 Å². The van der Waals surface area contributed by atoms with Crippen LogP contribution in [0.25, 0.3) is 5.69 Å². The van der Waals surface area contributed by atoms with Crippen LogP contribution in [-0.2, 0) is 4.79 Å². The second-order valence-corrected chi connectivity index (χ2v) is 7.41. The summed E-state index contributed by atoms with van der Waals surface area (Å²) in [5.41, 5.74) is 2.93. The third kappa shape index (κ3) is 4.49. The van der Waals surface area contributed by atoms with E-state index in [4.69, 9.17) is 0 Å². The Labute approximate surface area is 159 Å². The fourth-order valence-corrected chi connectivity index (χ4v) is 3.42. The van der Waals surface area contributed by atoms with Crippen molar-refractivity contribution in [1.29, 1.82) is 0 Å². The normalized spacial score (nSPS) is 10.7. The van der Waals surface area contributed by atoms with Crippen LogP contribution in [0.5, 0.6) is 0 Å². The maximum Gasteiger partial charge on any atom is 0.234 e. The molecule has 1 aromatic heterocycles. The Morgan fingerprint density at radius 3 is 2.64 bits per heavy atom. The topological polar surface area (TPSA) is 59.8 Å². The lowest BCUT2D eigenvalue weighted by Crippen LogP contribution is -2.14. The van der Waals surface area contributed by atoms with E-state index in [1.54, 1.807) is 0 Å². The molecule has 0 aliphatic rings. The van der Waals surface area contributed by atoms with Crippen molar-refractivity contribution in [2.75, 3.05) is 11.1 Å². The number of carbonyl (C=O) groups is 1. The maximum atomic E-state index is 12.2. The number of thioether (sulfide) groups is 1. The first-order valence-electron chi connectivity index (χ1n) is 7.70. The van der Waals surface area contributed by atoms with Crippen LogP contribution in [0.1, 0.15) is 11.4 Å². The summed E-state index contributed by atoms with van der Waals surface area (Å²) in [6, 6.07) is 15.6. The quantitative estimate of drug-likeness (QED) is 0.626. The molecule has 2 aromatic carbocycles. The zero-order valence-electron chi connectivity index (χ0n) is 13.9. The summed E-state index contributed by atoms with van der Waals surface area (Å²) in [5.74, 6) is 0.977. The highest BCUT2D eigenvalue weighted by molar-refractivity contribution is 9.10. The lowest BCUT2D eigenvalue weighted by molar-refractivity contribution is -0.113. The maximum absolute atomic E-state index is 12.2. The molecule has 0 aliphatic carbocycles. The highest BCUT2D eigenvalue weighted by Crippen LogP contribution is 2.23. The van der Waals surface area contributed by atoms with Crippen molar-refractivity contribution in [2.24, 2.45) is 0 Å². The highest BCUT2D eigenvalue weighted by Gasteiger charge is 2.13. The molecule has 0 atom stereocenters. The van der Waals surface area contributed by atoms with Crippen molar-refractivity contribution in [3.63, 3.8) is 0 Å². The molecule has 1 N–H and O–H groups in total. The van der Waals surface area contributed by atoms with E-state index in [0.717, 1.165) is 27.2 Å². The van der Waals surface area contributed by atoms with Crippen LogP contribution in [0, 0.1) is 13.8 Å². The van der Waals surface area contributed by atoms with Crippen LogP contribution in [0.2, 0.25) is 0 Å². The zero-order chi connectivity index (χ0) is 17.8. The van der Waals surface area contributed by atoms with Crippen molar-refractivity contribution < 1.29 is 4.79 Å². The zero-order valence-corrected chi connectivity index (χ0v) is 16.3. The minimum Gasteiger partial charge on any atom is -0.325 e. The van der Waals surface area contributed by atoms with Crippen molar-refractivity contribution >= 4 is 39.3 Å². The van der Waals surface area contributed by atoms with Crippen molar-refractivity contribution in [3.05, 3.63) is 64.4 Å². The second kappa shape index (κ2) is 7.84. The van der Waals surface area contributed by atoms with Crippen LogP contribution in [-0.4, -0.2) is 26.4 Å². The van der Waals surface area contributed by atoms with Gasteiger partial charge in [-0.1, -0.05) is 39.8 Å². The molecule has 3 rings (SSSR count). The summed E-state index contributed by atoms with van der Waals surface area (Å²) >= 11 is 4.74. The van der Waals surface area contributed by atoms with E-state index in [0.29, 0.717) is 5.16 Å². The number of hydrogen-bond acceptors (Lipinski definition) is 4. The molecule has 0 radical (unpaired) electrons. The minimum atomic E-state index is -0.0798. The smallest absolute Gasteiger partial charge is 0.234 e. The van der Waals surface area contributed by atoms with Gasteiger partial charge in [0.1, 0.15) is 5.82 Å².